The Bertz CT molecular complexity index is 869. The summed E-state index contributed by atoms with van der Waals surface area (Å²) in [6, 6.07) is 8.30. The first-order valence-corrected chi connectivity index (χ1v) is 9.25. The summed E-state index contributed by atoms with van der Waals surface area (Å²) >= 11 is 1.40. The highest BCUT2D eigenvalue weighted by atomic mass is 32.2. The minimum absolute atomic E-state index is 0.00891. The van der Waals surface area contributed by atoms with E-state index in [2.05, 4.69) is 38.9 Å². The molecule has 0 fully saturated rings. The van der Waals surface area contributed by atoms with E-state index in [1.165, 1.54) is 11.8 Å². The van der Waals surface area contributed by atoms with Gasteiger partial charge in [0.1, 0.15) is 12.2 Å². The van der Waals surface area contributed by atoms with Crippen LogP contribution in [0.1, 0.15) is 25.7 Å². The molecule has 3 rings (SSSR count). The monoisotopic (exact) mass is 358 g/mol. The van der Waals surface area contributed by atoms with Crippen LogP contribution in [0.25, 0.3) is 11.0 Å². The Kier molecular flexibility index (Phi) is 5.37. The molecule has 0 bridgehead atoms. The van der Waals surface area contributed by atoms with Crippen molar-refractivity contribution in [2.45, 2.75) is 38.5 Å². The molecule has 25 heavy (non-hydrogen) atoms. The van der Waals surface area contributed by atoms with E-state index in [0.717, 1.165) is 22.0 Å². The van der Waals surface area contributed by atoms with Gasteiger partial charge in [-0.25, -0.2) is 4.98 Å². The molecule has 2 heterocycles. The average molecular weight is 358 g/mol. The fourth-order valence-electron chi connectivity index (χ4n) is 2.66. The lowest BCUT2D eigenvalue weighted by atomic mass is 10.3. The fourth-order valence-corrected chi connectivity index (χ4v) is 3.53. The van der Waals surface area contributed by atoms with Crippen molar-refractivity contribution in [3.05, 3.63) is 36.4 Å². The predicted molar refractivity (Wildman–Crippen MR) is 98.6 cm³/mol. The molecule has 1 aromatic carbocycles. The van der Waals surface area contributed by atoms with Crippen molar-refractivity contribution in [1.29, 1.82) is 0 Å². The first kappa shape index (κ1) is 17.5. The molecule has 0 saturated heterocycles. The normalized spacial score (nSPS) is 11.4. The summed E-state index contributed by atoms with van der Waals surface area (Å²) in [5.74, 6) is 1.27. The van der Waals surface area contributed by atoms with Gasteiger partial charge >= 0.3 is 0 Å². The quantitative estimate of drug-likeness (QED) is 0.656. The SMILES string of the molecule is Cc1nc2ccccc2n1CCNC(=O)CSc1nncn1C(C)C. The molecule has 2 aromatic heterocycles. The van der Waals surface area contributed by atoms with Crippen LogP contribution in [0, 0.1) is 6.92 Å². The van der Waals surface area contributed by atoms with E-state index in [4.69, 9.17) is 0 Å². The predicted octanol–water partition coefficient (Wildman–Crippen LogP) is 2.43. The molecule has 8 heteroatoms. The minimum Gasteiger partial charge on any atom is -0.354 e. The summed E-state index contributed by atoms with van der Waals surface area (Å²) in [6.45, 7) is 7.37. The Hall–Kier alpha value is -2.35. The smallest absolute Gasteiger partial charge is 0.230 e. The number of hydrogen-bond acceptors (Lipinski definition) is 5. The van der Waals surface area contributed by atoms with Gasteiger partial charge in [0.25, 0.3) is 0 Å². The van der Waals surface area contributed by atoms with Gasteiger partial charge in [-0.05, 0) is 32.9 Å². The van der Waals surface area contributed by atoms with Crippen molar-refractivity contribution in [2.24, 2.45) is 0 Å². The van der Waals surface area contributed by atoms with Crippen LogP contribution in [0.4, 0.5) is 0 Å². The molecule has 0 aliphatic carbocycles. The van der Waals surface area contributed by atoms with E-state index in [1.807, 2.05) is 35.8 Å². The van der Waals surface area contributed by atoms with E-state index in [1.54, 1.807) is 6.33 Å². The van der Waals surface area contributed by atoms with Gasteiger partial charge in [-0.2, -0.15) is 0 Å². The molecule has 0 unspecified atom stereocenters. The van der Waals surface area contributed by atoms with Gasteiger partial charge in [-0.15, -0.1) is 10.2 Å². The van der Waals surface area contributed by atoms with Crippen LogP contribution < -0.4 is 5.32 Å². The molecule has 0 aliphatic rings. The van der Waals surface area contributed by atoms with Crippen LogP contribution in [0.3, 0.4) is 0 Å². The lowest BCUT2D eigenvalue weighted by Crippen LogP contribution is -2.29. The van der Waals surface area contributed by atoms with E-state index in [0.29, 0.717) is 18.8 Å². The number of imidazole rings is 1. The molecule has 7 nitrogen and oxygen atoms in total. The molecule has 1 N–H and O–H groups in total. The maximum absolute atomic E-state index is 12.1. The number of para-hydroxylation sites is 2. The molecule has 132 valence electrons. The number of aromatic nitrogens is 5. The van der Waals surface area contributed by atoms with Crippen molar-refractivity contribution >= 4 is 28.7 Å². The Morgan fingerprint density at radius 2 is 2.12 bits per heavy atom. The molecular weight excluding hydrogens is 336 g/mol. The van der Waals surface area contributed by atoms with Crippen molar-refractivity contribution in [3.8, 4) is 0 Å². The van der Waals surface area contributed by atoms with Crippen LogP contribution in [-0.4, -0.2) is 42.5 Å². The Morgan fingerprint density at radius 3 is 2.92 bits per heavy atom. The second-order valence-corrected chi connectivity index (χ2v) is 7.00. The topological polar surface area (TPSA) is 77.6 Å². The van der Waals surface area contributed by atoms with Gasteiger partial charge in [-0.1, -0.05) is 23.9 Å². The second kappa shape index (κ2) is 7.69. The maximum Gasteiger partial charge on any atom is 0.230 e. The molecule has 0 aliphatic heterocycles. The maximum atomic E-state index is 12.1. The molecule has 0 radical (unpaired) electrons. The van der Waals surface area contributed by atoms with Crippen LogP contribution in [0.2, 0.25) is 0 Å². The Labute approximate surface area is 150 Å². The first-order chi connectivity index (χ1) is 12.1. The second-order valence-electron chi connectivity index (χ2n) is 6.05. The van der Waals surface area contributed by atoms with Crippen LogP contribution in [0.15, 0.2) is 35.7 Å². The first-order valence-electron chi connectivity index (χ1n) is 8.27. The van der Waals surface area contributed by atoms with Crippen molar-refractivity contribution in [3.63, 3.8) is 0 Å². The molecule has 3 aromatic rings. The number of nitrogens with zero attached hydrogens (tertiary/aromatic N) is 5. The average Bonchev–Trinajstić information content (AvgIpc) is 3.17. The number of carbonyl (C=O) groups is 1. The lowest BCUT2D eigenvalue weighted by molar-refractivity contribution is -0.118. The molecule has 0 spiro atoms. The highest BCUT2D eigenvalue weighted by molar-refractivity contribution is 7.99. The number of benzene rings is 1. The van der Waals surface area contributed by atoms with Crippen molar-refractivity contribution in [1.82, 2.24) is 29.6 Å². The standard InChI is InChI=1S/C17H22N6OS/c1-12(2)23-11-19-21-17(23)25-10-16(24)18-8-9-22-13(3)20-14-6-4-5-7-15(14)22/h4-7,11-12H,8-10H2,1-3H3,(H,18,24). The summed E-state index contributed by atoms with van der Waals surface area (Å²) < 4.78 is 4.08. The number of carbonyl (C=O) groups excluding carboxylic acids is 1. The van der Waals surface area contributed by atoms with Crippen molar-refractivity contribution < 1.29 is 4.79 Å². The summed E-state index contributed by atoms with van der Waals surface area (Å²) in [5, 5.41) is 11.7. The number of nitrogens with one attached hydrogen (secondary N) is 1. The van der Waals surface area contributed by atoms with Gasteiger partial charge in [0, 0.05) is 19.1 Å². The molecule has 0 atom stereocenters. The Morgan fingerprint density at radius 1 is 1.32 bits per heavy atom. The summed E-state index contributed by atoms with van der Waals surface area (Å²) in [5.41, 5.74) is 2.07. The van der Waals surface area contributed by atoms with Gasteiger partial charge in [-0.3, -0.25) is 4.79 Å². The Balaban J connectivity index is 1.51. The minimum atomic E-state index is -0.00891. The van der Waals surface area contributed by atoms with Crippen LogP contribution >= 0.6 is 11.8 Å². The van der Waals surface area contributed by atoms with E-state index in [-0.39, 0.29) is 11.9 Å². The molecular formula is C17H22N6OS. The number of hydrogen-bond donors (Lipinski definition) is 1. The van der Waals surface area contributed by atoms with Gasteiger partial charge < -0.3 is 14.5 Å². The van der Waals surface area contributed by atoms with E-state index in [9.17, 15) is 4.79 Å². The summed E-state index contributed by atoms with van der Waals surface area (Å²) in [4.78, 5) is 16.6. The van der Waals surface area contributed by atoms with Gasteiger partial charge in [0.05, 0.1) is 16.8 Å². The molecule has 0 saturated carbocycles. The van der Waals surface area contributed by atoms with Crippen LogP contribution in [0.5, 0.6) is 0 Å². The van der Waals surface area contributed by atoms with E-state index >= 15 is 0 Å². The largest absolute Gasteiger partial charge is 0.354 e. The number of rotatable bonds is 7. The zero-order valence-electron chi connectivity index (χ0n) is 14.6. The van der Waals surface area contributed by atoms with Crippen molar-refractivity contribution in [2.75, 3.05) is 12.3 Å². The number of amides is 1. The third-order valence-corrected chi connectivity index (χ3v) is 4.89. The lowest BCUT2D eigenvalue weighted by Gasteiger charge is -2.10. The molecule has 1 amide bonds. The van der Waals surface area contributed by atoms with Crippen LogP contribution in [-0.2, 0) is 11.3 Å². The zero-order valence-corrected chi connectivity index (χ0v) is 15.5. The van der Waals surface area contributed by atoms with Gasteiger partial charge in [0.15, 0.2) is 5.16 Å². The fraction of sp³-hybridized carbons (Fsp3) is 0.412. The zero-order chi connectivity index (χ0) is 17.8. The summed E-state index contributed by atoms with van der Waals surface area (Å²) in [6.07, 6.45) is 1.69. The summed E-state index contributed by atoms with van der Waals surface area (Å²) in [7, 11) is 0. The third-order valence-electron chi connectivity index (χ3n) is 3.93. The number of aryl methyl sites for hydroxylation is 1. The third kappa shape index (κ3) is 4.01. The highest BCUT2D eigenvalue weighted by Crippen LogP contribution is 2.18. The number of fused-ring (bicyclic) bond motifs is 1. The van der Waals surface area contributed by atoms with Gasteiger partial charge in [0.2, 0.25) is 5.91 Å². The number of thioether (sulfide) groups is 1. The van der Waals surface area contributed by atoms with E-state index < -0.39 is 0 Å². The highest BCUT2D eigenvalue weighted by Gasteiger charge is 2.11.